The molecule has 3 nitrogen and oxygen atoms in total. The summed E-state index contributed by atoms with van der Waals surface area (Å²) >= 11 is 0. The van der Waals surface area contributed by atoms with Crippen molar-refractivity contribution in [2.75, 3.05) is 20.2 Å². The summed E-state index contributed by atoms with van der Waals surface area (Å²) in [6.07, 6.45) is 2.33. The van der Waals surface area contributed by atoms with Gasteiger partial charge in [0.1, 0.15) is 0 Å². The zero-order valence-electron chi connectivity index (χ0n) is 12.9. The van der Waals surface area contributed by atoms with Crippen LogP contribution in [0.15, 0.2) is 54.6 Å². The molecule has 0 N–H and O–H groups in total. The quantitative estimate of drug-likeness (QED) is 0.862. The van der Waals surface area contributed by atoms with Gasteiger partial charge in [0.2, 0.25) is 0 Å². The van der Waals surface area contributed by atoms with Gasteiger partial charge in [-0.3, -0.25) is 4.79 Å². The van der Waals surface area contributed by atoms with E-state index in [9.17, 15) is 4.79 Å². The number of likely N-dealkylation sites (N-methyl/N-ethyl adjacent to an activating group) is 1. The maximum Gasteiger partial charge on any atom is 0.253 e. The van der Waals surface area contributed by atoms with E-state index in [-0.39, 0.29) is 12.0 Å². The predicted octanol–water partition coefficient (Wildman–Crippen LogP) is 3.60. The molecule has 1 unspecified atom stereocenters. The Hall–Kier alpha value is -2.13. The molecular formula is C19H21NO2. The molecule has 2 aromatic rings. The topological polar surface area (TPSA) is 29.5 Å². The van der Waals surface area contributed by atoms with Crippen molar-refractivity contribution in [2.45, 2.75) is 18.9 Å². The fourth-order valence-electron chi connectivity index (χ4n) is 2.83. The van der Waals surface area contributed by atoms with Gasteiger partial charge in [0.15, 0.2) is 0 Å². The molecule has 1 fully saturated rings. The third kappa shape index (κ3) is 3.37. The molecule has 1 aliphatic rings. The van der Waals surface area contributed by atoms with Crippen molar-refractivity contribution in [3.63, 3.8) is 0 Å². The molecule has 2 aromatic carbocycles. The van der Waals surface area contributed by atoms with Crippen LogP contribution in [0.5, 0.6) is 0 Å². The van der Waals surface area contributed by atoms with E-state index in [4.69, 9.17) is 4.74 Å². The Morgan fingerprint density at radius 3 is 2.41 bits per heavy atom. The molecule has 1 heterocycles. The highest BCUT2D eigenvalue weighted by Crippen LogP contribution is 2.20. The molecule has 0 saturated carbocycles. The minimum atomic E-state index is 0.0510. The predicted molar refractivity (Wildman–Crippen MR) is 87.8 cm³/mol. The molecule has 0 bridgehead atoms. The first-order valence-corrected chi connectivity index (χ1v) is 7.76. The van der Waals surface area contributed by atoms with Crippen molar-refractivity contribution in [3.8, 4) is 11.1 Å². The van der Waals surface area contributed by atoms with Crippen LogP contribution in [0.2, 0.25) is 0 Å². The van der Waals surface area contributed by atoms with E-state index in [0.717, 1.165) is 36.1 Å². The van der Waals surface area contributed by atoms with Gasteiger partial charge in [-0.05, 0) is 36.1 Å². The summed E-state index contributed by atoms with van der Waals surface area (Å²) in [7, 11) is 1.84. The van der Waals surface area contributed by atoms with E-state index < -0.39 is 0 Å². The highest BCUT2D eigenvalue weighted by Gasteiger charge is 2.20. The largest absolute Gasteiger partial charge is 0.376 e. The number of carbonyl (C=O) groups excluding carboxylic acids is 1. The molecule has 1 amide bonds. The molecule has 0 radical (unpaired) electrons. The molecule has 0 spiro atoms. The molecule has 3 heteroatoms. The van der Waals surface area contributed by atoms with Crippen molar-refractivity contribution in [1.29, 1.82) is 0 Å². The van der Waals surface area contributed by atoms with Gasteiger partial charge in [0.05, 0.1) is 6.10 Å². The lowest BCUT2D eigenvalue weighted by atomic mass is 10.0. The normalized spacial score (nSPS) is 17.4. The second kappa shape index (κ2) is 6.75. The maximum absolute atomic E-state index is 12.5. The number of amides is 1. The van der Waals surface area contributed by atoms with Crippen LogP contribution in [-0.2, 0) is 4.74 Å². The van der Waals surface area contributed by atoms with Crippen LogP contribution in [0.3, 0.4) is 0 Å². The molecule has 1 saturated heterocycles. The second-order valence-corrected chi connectivity index (χ2v) is 5.76. The SMILES string of the molecule is CN(CC1CCCO1)C(=O)c1ccc(-c2ccccc2)cc1. The number of ether oxygens (including phenoxy) is 1. The minimum Gasteiger partial charge on any atom is -0.376 e. The highest BCUT2D eigenvalue weighted by atomic mass is 16.5. The Morgan fingerprint density at radius 1 is 1.09 bits per heavy atom. The lowest BCUT2D eigenvalue weighted by molar-refractivity contribution is 0.0587. The van der Waals surface area contributed by atoms with Crippen LogP contribution in [0.25, 0.3) is 11.1 Å². The van der Waals surface area contributed by atoms with Gasteiger partial charge in [0.25, 0.3) is 5.91 Å². The van der Waals surface area contributed by atoms with Crippen LogP contribution in [0, 0.1) is 0 Å². The van der Waals surface area contributed by atoms with Crippen molar-refractivity contribution >= 4 is 5.91 Å². The van der Waals surface area contributed by atoms with E-state index in [0.29, 0.717) is 6.54 Å². The van der Waals surface area contributed by atoms with Crippen molar-refractivity contribution in [1.82, 2.24) is 4.90 Å². The molecule has 1 atom stereocenters. The Morgan fingerprint density at radius 2 is 1.77 bits per heavy atom. The van der Waals surface area contributed by atoms with Gasteiger partial charge < -0.3 is 9.64 Å². The van der Waals surface area contributed by atoms with Crippen LogP contribution < -0.4 is 0 Å². The molecule has 1 aliphatic heterocycles. The van der Waals surface area contributed by atoms with E-state index in [1.807, 2.05) is 49.5 Å². The summed E-state index contributed by atoms with van der Waals surface area (Å²) in [5, 5.41) is 0. The Balaban J connectivity index is 1.68. The highest BCUT2D eigenvalue weighted by molar-refractivity contribution is 5.94. The Kier molecular flexibility index (Phi) is 4.54. The van der Waals surface area contributed by atoms with Crippen LogP contribution >= 0.6 is 0 Å². The lowest BCUT2D eigenvalue weighted by Crippen LogP contribution is -2.34. The smallest absolute Gasteiger partial charge is 0.253 e. The van der Waals surface area contributed by atoms with Crippen LogP contribution in [0.1, 0.15) is 23.2 Å². The Labute approximate surface area is 131 Å². The zero-order valence-corrected chi connectivity index (χ0v) is 12.9. The fraction of sp³-hybridized carbons (Fsp3) is 0.316. The molecule has 114 valence electrons. The molecule has 0 aliphatic carbocycles. The first kappa shape index (κ1) is 14.8. The fourth-order valence-corrected chi connectivity index (χ4v) is 2.83. The number of nitrogens with zero attached hydrogens (tertiary/aromatic N) is 1. The molecule has 3 rings (SSSR count). The van der Waals surface area contributed by atoms with Gasteiger partial charge in [-0.1, -0.05) is 42.5 Å². The number of carbonyl (C=O) groups is 1. The summed E-state index contributed by atoms with van der Waals surface area (Å²) in [5.74, 6) is 0.0510. The van der Waals surface area contributed by atoms with E-state index >= 15 is 0 Å². The first-order valence-electron chi connectivity index (χ1n) is 7.76. The third-order valence-electron chi connectivity index (χ3n) is 4.09. The third-order valence-corrected chi connectivity index (χ3v) is 4.09. The van der Waals surface area contributed by atoms with Crippen molar-refractivity contribution in [2.24, 2.45) is 0 Å². The van der Waals surface area contributed by atoms with Gasteiger partial charge >= 0.3 is 0 Å². The zero-order chi connectivity index (χ0) is 15.4. The van der Waals surface area contributed by atoms with Gasteiger partial charge in [0, 0.05) is 25.8 Å². The molecule has 0 aromatic heterocycles. The number of hydrogen-bond donors (Lipinski definition) is 0. The molecular weight excluding hydrogens is 274 g/mol. The van der Waals surface area contributed by atoms with E-state index in [2.05, 4.69) is 12.1 Å². The number of benzene rings is 2. The number of hydrogen-bond acceptors (Lipinski definition) is 2. The minimum absolute atomic E-state index is 0.0510. The average Bonchev–Trinajstić information content (AvgIpc) is 3.08. The van der Waals surface area contributed by atoms with Gasteiger partial charge in [-0.25, -0.2) is 0 Å². The summed E-state index contributed by atoms with van der Waals surface area (Å²) in [5.41, 5.74) is 3.01. The summed E-state index contributed by atoms with van der Waals surface area (Å²) in [6, 6.07) is 18.0. The second-order valence-electron chi connectivity index (χ2n) is 5.76. The van der Waals surface area contributed by atoms with E-state index in [1.165, 1.54) is 0 Å². The van der Waals surface area contributed by atoms with Crippen LogP contribution in [-0.4, -0.2) is 37.1 Å². The lowest BCUT2D eigenvalue weighted by Gasteiger charge is -2.21. The Bertz CT molecular complexity index is 616. The van der Waals surface area contributed by atoms with E-state index in [1.54, 1.807) is 4.90 Å². The number of rotatable bonds is 4. The maximum atomic E-state index is 12.5. The van der Waals surface area contributed by atoms with Crippen LogP contribution in [0.4, 0.5) is 0 Å². The molecule has 22 heavy (non-hydrogen) atoms. The summed E-state index contributed by atoms with van der Waals surface area (Å²) in [4.78, 5) is 14.2. The standard InChI is InChI=1S/C19H21NO2/c1-20(14-18-8-5-13-22-18)19(21)17-11-9-16(10-12-17)15-6-3-2-4-7-15/h2-4,6-7,9-12,18H,5,8,13-14H2,1H3. The first-order chi connectivity index (χ1) is 10.7. The summed E-state index contributed by atoms with van der Waals surface area (Å²) in [6.45, 7) is 1.48. The van der Waals surface area contributed by atoms with Gasteiger partial charge in [-0.15, -0.1) is 0 Å². The summed E-state index contributed by atoms with van der Waals surface area (Å²) < 4.78 is 5.59. The monoisotopic (exact) mass is 295 g/mol. The average molecular weight is 295 g/mol. The van der Waals surface area contributed by atoms with Crippen molar-refractivity contribution in [3.05, 3.63) is 60.2 Å². The van der Waals surface area contributed by atoms with Crippen molar-refractivity contribution < 1.29 is 9.53 Å². The van der Waals surface area contributed by atoms with Gasteiger partial charge in [-0.2, -0.15) is 0 Å².